The molecular formula is C26H24ClN5O2S. The van der Waals surface area contributed by atoms with E-state index < -0.39 is 0 Å². The second-order valence-corrected chi connectivity index (χ2v) is 9.13. The van der Waals surface area contributed by atoms with Crippen LogP contribution in [0.3, 0.4) is 0 Å². The minimum atomic E-state index is -0.243. The first kappa shape index (κ1) is 24.5. The molecule has 1 heterocycles. The summed E-state index contributed by atoms with van der Waals surface area (Å²) in [5.74, 6) is 0.387. The number of para-hydroxylation sites is 1. The fourth-order valence-electron chi connectivity index (χ4n) is 3.45. The number of amides is 2. The molecule has 0 saturated carbocycles. The zero-order chi connectivity index (χ0) is 24.6. The highest BCUT2D eigenvalue weighted by atomic mass is 35.5. The standard InChI is InChI=1S/C26H24ClN5O2S/c1-18(19-8-4-2-5-9-19)29-24(33)17-35-26-31-30-23(32(26)22-10-6-3-7-11-22)16-28-25(34)20-12-14-21(27)15-13-20/h2-15,18H,16-17H2,1H3,(H,28,34)(H,29,33). The minimum absolute atomic E-state index is 0.102. The first-order valence-electron chi connectivity index (χ1n) is 11.0. The summed E-state index contributed by atoms with van der Waals surface area (Å²) in [6.07, 6.45) is 0. The van der Waals surface area contributed by atoms with Gasteiger partial charge in [-0.15, -0.1) is 10.2 Å². The third kappa shape index (κ3) is 6.49. The molecule has 2 amide bonds. The molecule has 0 aliphatic carbocycles. The molecule has 0 fully saturated rings. The number of aromatic nitrogens is 3. The van der Waals surface area contributed by atoms with Gasteiger partial charge in [0.15, 0.2) is 11.0 Å². The number of benzene rings is 3. The number of halogens is 1. The van der Waals surface area contributed by atoms with Crippen molar-refractivity contribution in [3.8, 4) is 5.69 Å². The molecule has 0 bridgehead atoms. The van der Waals surface area contributed by atoms with Gasteiger partial charge in [-0.2, -0.15) is 0 Å². The van der Waals surface area contributed by atoms with Gasteiger partial charge in [0, 0.05) is 16.3 Å². The van der Waals surface area contributed by atoms with E-state index in [9.17, 15) is 9.59 Å². The Morgan fingerprint density at radius 3 is 2.29 bits per heavy atom. The van der Waals surface area contributed by atoms with Gasteiger partial charge in [0.25, 0.3) is 5.91 Å². The Labute approximate surface area is 212 Å². The highest BCUT2D eigenvalue weighted by Crippen LogP contribution is 2.22. The van der Waals surface area contributed by atoms with Crippen LogP contribution >= 0.6 is 23.4 Å². The molecule has 1 unspecified atom stereocenters. The summed E-state index contributed by atoms with van der Waals surface area (Å²) in [6, 6.07) is 26.0. The van der Waals surface area contributed by atoms with Crippen LogP contribution in [0.25, 0.3) is 5.69 Å². The van der Waals surface area contributed by atoms with E-state index in [0.29, 0.717) is 21.6 Å². The Morgan fingerprint density at radius 2 is 1.60 bits per heavy atom. The van der Waals surface area contributed by atoms with Crippen molar-refractivity contribution in [2.24, 2.45) is 0 Å². The van der Waals surface area contributed by atoms with Gasteiger partial charge < -0.3 is 10.6 Å². The Kier molecular flexibility index (Phi) is 8.18. The van der Waals surface area contributed by atoms with Crippen molar-refractivity contribution in [2.75, 3.05) is 5.75 Å². The van der Waals surface area contributed by atoms with Crippen molar-refractivity contribution in [3.05, 3.63) is 107 Å². The zero-order valence-corrected chi connectivity index (χ0v) is 20.6. The highest BCUT2D eigenvalue weighted by Gasteiger charge is 2.18. The Hall–Kier alpha value is -3.62. The van der Waals surface area contributed by atoms with E-state index in [0.717, 1.165) is 11.3 Å². The summed E-state index contributed by atoms with van der Waals surface area (Å²) in [7, 11) is 0. The first-order valence-corrected chi connectivity index (χ1v) is 12.4. The van der Waals surface area contributed by atoms with Gasteiger partial charge in [-0.3, -0.25) is 14.2 Å². The van der Waals surface area contributed by atoms with Crippen LogP contribution in [-0.4, -0.2) is 32.3 Å². The van der Waals surface area contributed by atoms with E-state index in [1.54, 1.807) is 24.3 Å². The predicted molar refractivity (Wildman–Crippen MR) is 138 cm³/mol. The predicted octanol–water partition coefficient (Wildman–Crippen LogP) is 4.82. The summed E-state index contributed by atoms with van der Waals surface area (Å²) in [5.41, 5.74) is 2.38. The van der Waals surface area contributed by atoms with Gasteiger partial charge in [-0.1, -0.05) is 71.9 Å². The number of rotatable bonds is 9. The molecule has 9 heteroatoms. The monoisotopic (exact) mass is 505 g/mol. The lowest BCUT2D eigenvalue weighted by Crippen LogP contribution is -2.28. The van der Waals surface area contributed by atoms with Crippen molar-refractivity contribution in [2.45, 2.75) is 24.7 Å². The molecule has 3 aromatic carbocycles. The van der Waals surface area contributed by atoms with Gasteiger partial charge in [-0.05, 0) is 48.9 Å². The lowest BCUT2D eigenvalue weighted by molar-refractivity contribution is -0.119. The summed E-state index contributed by atoms with van der Waals surface area (Å²) >= 11 is 7.20. The number of carbonyl (C=O) groups excluding carboxylic acids is 2. The van der Waals surface area contributed by atoms with Crippen LogP contribution in [0.4, 0.5) is 0 Å². The van der Waals surface area contributed by atoms with E-state index in [4.69, 9.17) is 11.6 Å². The largest absolute Gasteiger partial charge is 0.349 e. The molecule has 1 atom stereocenters. The van der Waals surface area contributed by atoms with E-state index >= 15 is 0 Å². The second kappa shape index (κ2) is 11.7. The first-order chi connectivity index (χ1) is 17.0. The number of hydrogen-bond acceptors (Lipinski definition) is 5. The van der Waals surface area contributed by atoms with Gasteiger partial charge in [0.1, 0.15) is 0 Å². The molecule has 0 radical (unpaired) electrons. The fourth-order valence-corrected chi connectivity index (χ4v) is 4.35. The highest BCUT2D eigenvalue weighted by molar-refractivity contribution is 7.99. The molecule has 0 aliphatic heterocycles. The SMILES string of the molecule is CC(NC(=O)CSc1nnc(CNC(=O)c2ccc(Cl)cc2)n1-c1ccccc1)c1ccccc1. The maximum atomic E-state index is 12.6. The number of carbonyl (C=O) groups is 2. The minimum Gasteiger partial charge on any atom is -0.349 e. The van der Waals surface area contributed by atoms with Crippen LogP contribution in [-0.2, 0) is 11.3 Å². The van der Waals surface area contributed by atoms with Crippen molar-refractivity contribution < 1.29 is 9.59 Å². The Morgan fingerprint density at radius 1 is 0.943 bits per heavy atom. The van der Waals surface area contributed by atoms with Gasteiger partial charge in [0.05, 0.1) is 18.3 Å². The Balaban J connectivity index is 1.45. The molecule has 178 valence electrons. The van der Waals surface area contributed by atoms with Crippen LogP contribution < -0.4 is 10.6 Å². The van der Waals surface area contributed by atoms with Crippen molar-refractivity contribution in [3.63, 3.8) is 0 Å². The third-order valence-corrected chi connectivity index (χ3v) is 6.42. The van der Waals surface area contributed by atoms with Gasteiger partial charge in [0.2, 0.25) is 5.91 Å². The molecule has 4 aromatic rings. The van der Waals surface area contributed by atoms with E-state index in [2.05, 4.69) is 20.8 Å². The quantitative estimate of drug-likeness (QED) is 0.318. The van der Waals surface area contributed by atoms with Gasteiger partial charge in [-0.25, -0.2) is 0 Å². The van der Waals surface area contributed by atoms with E-state index in [1.807, 2.05) is 72.2 Å². The number of hydrogen-bond donors (Lipinski definition) is 2. The summed E-state index contributed by atoms with van der Waals surface area (Å²) in [6.45, 7) is 2.12. The van der Waals surface area contributed by atoms with Crippen molar-refractivity contribution in [1.29, 1.82) is 0 Å². The average Bonchev–Trinajstić information content (AvgIpc) is 3.30. The number of thioether (sulfide) groups is 1. The maximum absolute atomic E-state index is 12.6. The van der Waals surface area contributed by atoms with E-state index in [1.165, 1.54) is 11.8 Å². The summed E-state index contributed by atoms with van der Waals surface area (Å²) in [5, 5.41) is 15.6. The van der Waals surface area contributed by atoms with Crippen LogP contribution in [0, 0.1) is 0 Å². The molecule has 4 rings (SSSR count). The molecular weight excluding hydrogens is 482 g/mol. The molecule has 2 N–H and O–H groups in total. The lowest BCUT2D eigenvalue weighted by atomic mass is 10.1. The lowest BCUT2D eigenvalue weighted by Gasteiger charge is -2.14. The Bertz CT molecular complexity index is 1280. The van der Waals surface area contributed by atoms with Crippen LogP contribution in [0.15, 0.2) is 90.1 Å². The molecule has 0 spiro atoms. The van der Waals surface area contributed by atoms with Gasteiger partial charge >= 0.3 is 0 Å². The van der Waals surface area contributed by atoms with Crippen molar-refractivity contribution in [1.82, 2.24) is 25.4 Å². The fraction of sp³-hybridized carbons (Fsp3) is 0.154. The summed E-state index contributed by atoms with van der Waals surface area (Å²) in [4.78, 5) is 25.1. The molecule has 7 nitrogen and oxygen atoms in total. The molecule has 1 aromatic heterocycles. The topological polar surface area (TPSA) is 88.9 Å². The number of nitrogens with one attached hydrogen (secondary N) is 2. The maximum Gasteiger partial charge on any atom is 0.251 e. The zero-order valence-electron chi connectivity index (χ0n) is 19.0. The second-order valence-electron chi connectivity index (χ2n) is 7.75. The van der Waals surface area contributed by atoms with E-state index in [-0.39, 0.29) is 30.2 Å². The normalized spacial score (nSPS) is 11.6. The smallest absolute Gasteiger partial charge is 0.251 e. The number of nitrogens with zero attached hydrogens (tertiary/aromatic N) is 3. The summed E-state index contributed by atoms with van der Waals surface area (Å²) < 4.78 is 1.85. The molecule has 35 heavy (non-hydrogen) atoms. The average molecular weight is 506 g/mol. The molecule has 0 aliphatic rings. The van der Waals surface area contributed by atoms with Crippen LogP contribution in [0.5, 0.6) is 0 Å². The van der Waals surface area contributed by atoms with Crippen molar-refractivity contribution >= 4 is 35.2 Å². The van der Waals surface area contributed by atoms with Crippen LogP contribution in [0.1, 0.15) is 34.7 Å². The molecule has 0 saturated heterocycles. The third-order valence-electron chi connectivity index (χ3n) is 5.24. The van der Waals surface area contributed by atoms with Crippen LogP contribution in [0.2, 0.25) is 5.02 Å².